The van der Waals surface area contributed by atoms with E-state index >= 15 is 0 Å². The minimum atomic E-state index is 0.672. The minimum absolute atomic E-state index is 0.672. The summed E-state index contributed by atoms with van der Waals surface area (Å²) >= 11 is 5.17. The normalized spacial score (nSPS) is 10.7. The van der Waals surface area contributed by atoms with Gasteiger partial charge in [-0.1, -0.05) is 28.1 Å². The van der Waals surface area contributed by atoms with Crippen LogP contribution < -0.4 is 5.73 Å². The van der Waals surface area contributed by atoms with Crippen molar-refractivity contribution in [2.75, 3.05) is 6.54 Å². The Morgan fingerprint density at radius 2 is 2.00 bits per heavy atom. The number of benzene rings is 1. The van der Waals surface area contributed by atoms with Crippen molar-refractivity contribution in [3.05, 3.63) is 38.6 Å². The van der Waals surface area contributed by atoms with Gasteiger partial charge in [-0.25, -0.2) is 4.98 Å². The van der Waals surface area contributed by atoms with Crippen LogP contribution in [0.15, 0.2) is 28.7 Å². The molecule has 0 bridgehead atoms. The lowest BCUT2D eigenvalue weighted by atomic mass is 10.1. The van der Waals surface area contributed by atoms with Gasteiger partial charge in [0.25, 0.3) is 0 Å². The van der Waals surface area contributed by atoms with E-state index in [1.54, 1.807) is 11.3 Å². The summed E-state index contributed by atoms with van der Waals surface area (Å²) in [5.74, 6) is 0. The number of aromatic nitrogens is 1. The third-order valence-electron chi connectivity index (χ3n) is 2.29. The highest BCUT2D eigenvalue weighted by molar-refractivity contribution is 9.10. The first kappa shape index (κ1) is 11.8. The van der Waals surface area contributed by atoms with Gasteiger partial charge in [-0.15, -0.1) is 11.3 Å². The monoisotopic (exact) mass is 296 g/mol. The summed E-state index contributed by atoms with van der Waals surface area (Å²) in [6.07, 6.45) is 0.900. The number of thiazole rings is 1. The van der Waals surface area contributed by atoms with E-state index in [1.807, 2.05) is 19.1 Å². The van der Waals surface area contributed by atoms with E-state index in [0.29, 0.717) is 6.54 Å². The summed E-state index contributed by atoms with van der Waals surface area (Å²) in [6.45, 7) is 2.71. The van der Waals surface area contributed by atoms with Crippen LogP contribution in [0.25, 0.3) is 11.3 Å². The van der Waals surface area contributed by atoms with Crippen molar-refractivity contribution in [2.24, 2.45) is 5.73 Å². The van der Waals surface area contributed by atoms with Gasteiger partial charge < -0.3 is 5.73 Å². The lowest BCUT2D eigenvalue weighted by molar-refractivity contribution is 0.986. The van der Waals surface area contributed by atoms with Crippen molar-refractivity contribution >= 4 is 27.3 Å². The van der Waals surface area contributed by atoms with E-state index in [9.17, 15) is 0 Å². The second-order valence-corrected chi connectivity index (χ2v) is 5.75. The Kier molecular flexibility index (Phi) is 3.74. The van der Waals surface area contributed by atoms with Crippen molar-refractivity contribution in [3.63, 3.8) is 0 Å². The third kappa shape index (κ3) is 2.51. The average molecular weight is 297 g/mol. The Balaban J connectivity index is 2.42. The Morgan fingerprint density at radius 3 is 2.62 bits per heavy atom. The molecule has 84 valence electrons. The molecule has 16 heavy (non-hydrogen) atoms. The van der Waals surface area contributed by atoms with E-state index in [2.05, 4.69) is 33.0 Å². The Labute approximate surface area is 108 Å². The predicted molar refractivity (Wildman–Crippen MR) is 72.7 cm³/mol. The molecule has 2 N–H and O–H groups in total. The van der Waals surface area contributed by atoms with Crippen LogP contribution >= 0.6 is 27.3 Å². The van der Waals surface area contributed by atoms with E-state index < -0.39 is 0 Å². The fourth-order valence-electron chi connectivity index (χ4n) is 1.60. The fraction of sp³-hybridized carbons (Fsp3) is 0.250. The second kappa shape index (κ2) is 5.08. The number of hydrogen-bond acceptors (Lipinski definition) is 3. The maximum atomic E-state index is 5.61. The quantitative estimate of drug-likeness (QED) is 0.943. The molecule has 0 spiro atoms. The van der Waals surface area contributed by atoms with Crippen LogP contribution in [0, 0.1) is 6.92 Å². The molecule has 0 unspecified atom stereocenters. The topological polar surface area (TPSA) is 38.9 Å². The van der Waals surface area contributed by atoms with Gasteiger partial charge in [-0.05, 0) is 32.0 Å². The van der Waals surface area contributed by atoms with E-state index in [1.165, 1.54) is 4.88 Å². The smallest absolute Gasteiger partial charge is 0.0904 e. The van der Waals surface area contributed by atoms with Crippen molar-refractivity contribution in [1.29, 1.82) is 0 Å². The van der Waals surface area contributed by atoms with Gasteiger partial charge in [-0.3, -0.25) is 0 Å². The van der Waals surface area contributed by atoms with Gasteiger partial charge in [-0.2, -0.15) is 0 Å². The molecule has 0 amide bonds. The van der Waals surface area contributed by atoms with Gasteiger partial charge in [0.15, 0.2) is 0 Å². The van der Waals surface area contributed by atoms with Gasteiger partial charge in [0.2, 0.25) is 0 Å². The van der Waals surface area contributed by atoms with Crippen LogP contribution in [-0.2, 0) is 6.42 Å². The minimum Gasteiger partial charge on any atom is -0.330 e. The van der Waals surface area contributed by atoms with Crippen LogP contribution in [0.3, 0.4) is 0 Å². The van der Waals surface area contributed by atoms with Crippen molar-refractivity contribution in [2.45, 2.75) is 13.3 Å². The first-order valence-electron chi connectivity index (χ1n) is 5.13. The summed E-state index contributed by atoms with van der Waals surface area (Å²) in [5.41, 5.74) is 7.86. The molecule has 0 saturated carbocycles. The zero-order chi connectivity index (χ0) is 11.5. The molecule has 2 nitrogen and oxygen atoms in total. The molecule has 1 heterocycles. The van der Waals surface area contributed by atoms with Gasteiger partial charge in [0, 0.05) is 14.9 Å². The lowest BCUT2D eigenvalue weighted by Crippen LogP contribution is -2.02. The van der Waals surface area contributed by atoms with Crippen LogP contribution in [0.1, 0.15) is 9.88 Å². The van der Waals surface area contributed by atoms with Crippen LogP contribution in [0.2, 0.25) is 0 Å². The second-order valence-electron chi connectivity index (χ2n) is 3.55. The predicted octanol–water partition coefficient (Wildman–Crippen LogP) is 3.38. The van der Waals surface area contributed by atoms with Gasteiger partial charge in [0.05, 0.1) is 10.7 Å². The molecule has 1 aromatic carbocycles. The summed E-state index contributed by atoms with van der Waals surface area (Å²) in [7, 11) is 0. The first-order valence-corrected chi connectivity index (χ1v) is 6.74. The lowest BCUT2D eigenvalue weighted by Gasteiger charge is -2.01. The summed E-state index contributed by atoms with van der Waals surface area (Å²) < 4.78 is 1.09. The molecule has 2 rings (SSSR count). The molecule has 1 aromatic heterocycles. The summed E-state index contributed by atoms with van der Waals surface area (Å²) in [5, 5.41) is 1.10. The highest BCUT2D eigenvalue weighted by Crippen LogP contribution is 2.29. The molecule has 0 fully saturated rings. The molecular weight excluding hydrogens is 284 g/mol. The zero-order valence-corrected chi connectivity index (χ0v) is 11.4. The molecule has 0 aliphatic rings. The Morgan fingerprint density at radius 1 is 1.31 bits per heavy atom. The fourth-order valence-corrected chi connectivity index (χ4v) is 2.84. The highest BCUT2D eigenvalue weighted by atomic mass is 79.9. The van der Waals surface area contributed by atoms with E-state index in [0.717, 1.165) is 27.2 Å². The molecule has 0 aliphatic carbocycles. The van der Waals surface area contributed by atoms with Crippen LogP contribution in [0.4, 0.5) is 0 Å². The van der Waals surface area contributed by atoms with Crippen molar-refractivity contribution in [3.8, 4) is 11.3 Å². The number of aryl methyl sites for hydroxylation is 1. The molecule has 4 heteroatoms. The number of rotatable bonds is 3. The molecule has 2 aromatic rings. The summed E-state index contributed by atoms with van der Waals surface area (Å²) in [6, 6.07) is 8.24. The average Bonchev–Trinajstić information content (AvgIpc) is 2.61. The highest BCUT2D eigenvalue weighted by Gasteiger charge is 2.10. The number of halogens is 1. The first-order chi connectivity index (χ1) is 7.70. The van der Waals surface area contributed by atoms with E-state index in [4.69, 9.17) is 5.73 Å². The molecule has 0 radical (unpaired) electrons. The standard InChI is InChI=1S/C12H13BrN2S/c1-8-15-12(11(16-8)6-7-14)9-2-4-10(13)5-3-9/h2-5H,6-7,14H2,1H3. The maximum absolute atomic E-state index is 5.61. The third-order valence-corrected chi connectivity index (χ3v) is 3.85. The van der Waals surface area contributed by atoms with Gasteiger partial charge >= 0.3 is 0 Å². The van der Waals surface area contributed by atoms with Crippen molar-refractivity contribution < 1.29 is 0 Å². The van der Waals surface area contributed by atoms with Crippen LogP contribution in [0.5, 0.6) is 0 Å². The molecule has 0 aliphatic heterocycles. The number of hydrogen-bond donors (Lipinski definition) is 1. The zero-order valence-electron chi connectivity index (χ0n) is 9.03. The SMILES string of the molecule is Cc1nc(-c2ccc(Br)cc2)c(CCN)s1. The maximum Gasteiger partial charge on any atom is 0.0904 e. The van der Waals surface area contributed by atoms with E-state index in [-0.39, 0.29) is 0 Å². The Bertz CT molecular complexity index is 476. The molecule has 0 atom stereocenters. The number of nitrogens with zero attached hydrogens (tertiary/aromatic N) is 1. The van der Waals surface area contributed by atoms with Crippen LogP contribution in [-0.4, -0.2) is 11.5 Å². The number of nitrogens with two attached hydrogens (primary N) is 1. The summed E-state index contributed by atoms with van der Waals surface area (Å²) in [4.78, 5) is 5.86. The van der Waals surface area contributed by atoms with Crippen molar-refractivity contribution in [1.82, 2.24) is 4.98 Å². The Hall–Kier alpha value is -0.710. The molecular formula is C12H13BrN2S. The largest absolute Gasteiger partial charge is 0.330 e. The van der Waals surface area contributed by atoms with Gasteiger partial charge in [0.1, 0.15) is 0 Å². The molecule has 0 saturated heterocycles.